The van der Waals surface area contributed by atoms with Gasteiger partial charge < -0.3 is 5.73 Å². The van der Waals surface area contributed by atoms with Crippen molar-refractivity contribution in [3.05, 3.63) is 46.2 Å². The molecule has 2 aromatic rings. The van der Waals surface area contributed by atoms with Crippen LogP contribution in [0.4, 0.5) is 0 Å². The highest BCUT2D eigenvalue weighted by molar-refractivity contribution is 7.09. The molecule has 0 bridgehead atoms. The number of Topliss-reactive ketones (excluding diaryl/α,β-unsaturated/α-hetero) is 1. The Morgan fingerprint density at radius 1 is 1.38 bits per heavy atom. The molecule has 0 radical (unpaired) electrons. The van der Waals surface area contributed by atoms with Crippen LogP contribution in [0.25, 0.3) is 0 Å². The van der Waals surface area contributed by atoms with Gasteiger partial charge in [0.1, 0.15) is 10.7 Å². The van der Waals surface area contributed by atoms with Crippen molar-refractivity contribution >= 4 is 17.1 Å². The second-order valence-corrected chi connectivity index (χ2v) is 4.23. The van der Waals surface area contributed by atoms with E-state index in [4.69, 9.17) is 5.73 Å². The second-order valence-electron chi connectivity index (χ2n) is 3.29. The van der Waals surface area contributed by atoms with E-state index in [1.807, 2.05) is 12.1 Å². The number of nitrogens with two attached hydrogens (primary N) is 1. The third kappa shape index (κ3) is 2.50. The van der Waals surface area contributed by atoms with E-state index >= 15 is 0 Å². The Kier molecular flexibility index (Phi) is 3.38. The molecule has 4 nitrogen and oxygen atoms in total. The topological polar surface area (TPSA) is 68.9 Å². The summed E-state index contributed by atoms with van der Waals surface area (Å²) in [4.78, 5) is 19.9. The smallest absolute Gasteiger partial charge is 0.186 e. The first-order chi connectivity index (χ1) is 7.79. The summed E-state index contributed by atoms with van der Waals surface area (Å²) in [6, 6.07) is 3.65. The molecule has 2 heterocycles. The number of thiazole rings is 1. The van der Waals surface area contributed by atoms with E-state index in [0.717, 1.165) is 10.6 Å². The fourth-order valence-electron chi connectivity index (χ4n) is 1.31. The fourth-order valence-corrected chi connectivity index (χ4v) is 1.99. The number of nitrogens with zero attached hydrogens (tertiary/aromatic N) is 2. The molecular formula is C11H11N3OS. The van der Waals surface area contributed by atoms with E-state index < -0.39 is 0 Å². The van der Waals surface area contributed by atoms with E-state index in [1.54, 1.807) is 17.8 Å². The van der Waals surface area contributed by atoms with Crippen molar-refractivity contribution in [3.8, 4) is 0 Å². The van der Waals surface area contributed by atoms with Crippen LogP contribution >= 0.6 is 11.3 Å². The Balaban J connectivity index is 2.09. The average molecular weight is 233 g/mol. The van der Waals surface area contributed by atoms with Crippen LogP contribution in [-0.4, -0.2) is 15.8 Å². The molecule has 0 fully saturated rings. The first-order valence-corrected chi connectivity index (χ1v) is 5.74. The van der Waals surface area contributed by atoms with Crippen molar-refractivity contribution in [2.45, 2.75) is 13.0 Å². The Hall–Kier alpha value is -1.59. The van der Waals surface area contributed by atoms with Gasteiger partial charge in [0, 0.05) is 30.7 Å². The number of hydrogen-bond donors (Lipinski definition) is 1. The highest BCUT2D eigenvalue weighted by Crippen LogP contribution is 2.11. The molecule has 0 spiro atoms. The van der Waals surface area contributed by atoms with Gasteiger partial charge in [-0.25, -0.2) is 4.98 Å². The Labute approximate surface area is 97.2 Å². The molecule has 5 heteroatoms. The van der Waals surface area contributed by atoms with Crippen molar-refractivity contribution in [1.29, 1.82) is 0 Å². The summed E-state index contributed by atoms with van der Waals surface area (Å²) in [7, 11) is 0. The third-order valence-electron chi connectivity index (χ3n) is 2.13. The minimum absolute atomic E-state index is 0.0159. The molecule has 0 aromatic carbocycles. The van der Waals surface area contributed by atoms with Crippen LogP contribution in [0.2, 0.25) is 0 Å². The number of pyridine rings is 1. The normalized spacial score (nSPS) is 10.3. The molecule has 82 valence electrons. The summed E-state index contributed by atoms with van der Waals surface area (Å²) in [5.74, 6) is 0.0159. The van der Waals surface area contributed by atoms with Crippen molar-refractivity contribution in [2.75, 3.05) is 0 Å². The van der Waals surface area contributed by atoms with Gasteiger partial charge >= 0.3 is 0 Å². The Morgan fingerprint density at radius 3 is 2.75 bits per heavy atom. The van der Waals surface area contributed by atoms with Crippen LogP contribution < -0.4 is 5.73 Å². The molecule has 0 aliphatic rings. The van der Waals surface area contributed by atoms with Crippen LogP contribution in [0.1, 0.15) is 21.1 Å². The molecule has 16 heavy (non-hydrogen) atoms. The quantitative estimate of drug-likeness (QED) is 0.811. The van der Waals surface area contributed by atoms with Crippen molar-refractivity contribution in [1.82, 2.24) is 9.97 Å². The van der Waals surface area contributed by atoms with Crippen LogP contribution in [-0.2, 0) is 13.0 Å². The highest BCUT2D eigenvalue weighted by Gasteiger charge is 2.10. The summed E-state index contributed by atoms with van der Waals surface area (Å²) in [5, 5.41) is 2.55. The first-order valence-electron chi connectivity index (χ1n) is 4.86. The Morgan fingerprint density at radius 2 is 2.12 bits per heavy atom. The fraction of sp³-hybridized carbons (Fsp3) is 0.182. The summed E-state index contributed by atoms with van der Waals surface area (Å²) < 4.78 is 0. The molecule has 0 atom stereocenters. The summed E-state index contributed by atoms with van der Waals surface area (Å²) in [6.07, 6.45) is 3.71. The standard InChI is InChI=1S/C11H11N3OS/c12-6-11-14-9(7-16-11)10(15)5-8-1-3-13-4-2-8/h1-4,7H,5-6,12H2. The Bertz CT molecular complexity index is 481. The number of rotatable bonds is 4. The van der Waals surface area contributed by atoms with E-state index in [1.165, 1.54) is 11.3 Å². The van der Waals surface area contributed by atoms with Crippen molar-refractivity contribution < 1.29 is 4.79 Å². The van der Waals surface area contributed by atoms with Crippen molar-refractivity contribution in [2.24, 2.45) is 5.73 Å². The molecule has 0 saturated heterocycles. The maximum Gasteiger partial charge on any atom is 0.186 e. The van der Waals surface area contributed by atoms with Gasteiger partial charge in [-0.2, -0.15) is 0 Å². The molecule has 2 aromatic heterocycles. The lowest BCUT2D eigenvalue weighted by molar-refractivity contribution is 0.0988. The molecule has 0 saturated carbocycles. The summed E-state index contributed by atoms with van der Waals surface area (Å²) in [6.45, 7) is 0.382. The minimum atomic E-state index is 0.0159. The number of carbonyl (C=O) groups is 1. The largest absolute Gasteiger partial charge is 0.325 e. The lowest BCUT2D eigenvalue weighted by Crippen LogP contribution is -2.05. The zero-order valence-corrected chi connectivity index (χ0v) is 9.41. The van der Waals surface area contributed by atoms with E-state index in [0.29, 0.717) is 18.7 Å². The van der Waals surface area contributed by atoms with Gasteiger partial charge in [-0.05, 0) is 17.7 Å². The minimum Gasteiger partial charge on any atom is -0.325 e. The van der Waals surface area contributed by atoms with Crippen LogP contribution in [0.5, 0.6) is 0 Å². The van der Waals surface area contributed by atoms with Crippen LogP contribution in [0.3, 0.4) is 0 Å². The van der Waals surface area contributed by atoms with Gasteiger partial charge in [0.05, 0.1) is 0 Å². The van der Waals surface area contributed by atoms with Gasteiger partial charge in [0.2, 0.25) is 0 Å². The molecule has 0 unspecified atom stereocenters. The van der Waals surface area contributed by atoms with E-state index in [-0.39, 0.29) is 5.78 Å². The highest BCUT2D eigenvalue weighted by atomic mass is 32.1. The maximum atomic E-state index is 11.8. The lowest BCUT2D eigenvalue weighted by atomic mass is 10.1. The number of aromatic nitrogens is 2. The summed E-state index contributed by atoms with van der Waals surface area (Å²) in [5.41, 5.74) is 6.89. The third-order valence-corrected chi connectivity index (χ3v) is 3.00. The van der Waals surface area contributed by atoms with E-state index in [9.17, 15) is 4.79 Å². The molecule has 2 N–H and O–H groups in total. The second kappa shape index (κ2) is 4.96. The molecular weight excluding hydrogens is 222 g/mol. The zero-order chi connectivity index (χ0) is 11.4. The van der Waals surface area contributed by atoms with E-state index in [2.05, 4.69) is 9.97 Å². The molecule has 0 amide bonds. The predicted molar refractivity (Wildman–Crippen MR) is 62.3 cm³/mol. The van der Waals surface area contributed by atoms with Gasteiger partial charge in [-0.15, -0.1) is 11.3 Å². The predicted octanol–water partition coefficient (Wildman–Crippen LogP) is 1.42. The first kappa shape index (κ1) is 10.9. The van der Waals surface area contributed by atoms with Crippen LogP contribution in [0, 0.1) is 0 Å². The van der Waals surface area contributed by atoms with Gasteiger partial charge in [0.15, 0.2) is 5.78 Å². The average Bonchev–Trinajstić information content (AvgIpc) is 2.79. The van der Waals surface area contributed by atoms with Gasteiger partial charge in [0.25, 0.3) is 0 Å². The zero-order valence-electron chi connectivity index (χ0n) is 8.59. The van der Waals surface area contributed by atoms with Gasteiger partial charge in [-0.1, -0.05) is 0 Å². The monoisotopic (exact) mass is 233 g/mol. The van der Waals surface area contributed by atoms with Crippen LogP contribution in [0.15, 0.2) is 29.9 Å². The number of ketones is 1. The number of carbonyl (C=O) groups excluding carboxylic acids is 1. The molecule has 0 aliphatic carbocycles. The molecule has 2 rings (SSSR count). The molecule has 0 aliphatic heterocycles. The SMILES string of the molecule is NCc1nc(C(=O)Cc2ccncc2)cs1. The summed E-state index contributed by atoms with van der Waals surface area (Å²) >= 11 is 1.42. The lowest BCUT2D eigenvalue weighted by Gasteiger charge is -1.97. The number of hydrogen-bond acceptors (Lipinski definition) is 5. The maximum absolute atomic E-state index is 11.8. The van der Waals surface area contributed by atoms with Crippen molar-refractivity contribution in [3.63, 3.8) is 0 Å². The van der Waals surface area contributed by atoms with Gasteiger partial charge in [-0.3, -0.25) is 9.78 Å².